The molecule has 4 aromatic rings. The Labute approximate surface area is 355 Å². The summed E-state index contributed by atoms with van der Waals surface area (Å²) in [5.74, 6) is -2.47. The fourth-order valence-corrected chi connectivity index (χ4v) is 9.09. The first-order valence-corrected chi connectivity index (χ1v) is 21.1. The van der Waals surface area contributed by atoms with Crippen LogP contribution in [-0.2, 0) is 26.1 Å². The molecule has 15 nitrogen and oxygen atoms in total. The van der Waals surface area contributed by atoms with Crippen LogP contribution in [0.25, 0.3) is 10.9 Å². The highest BCUT2D eigenvalue weighted by molar-refractivity contribution is 6.25. The van der Waals surface area contributed by atoms with E-state index in [0.29, 0.717) is 35.8 Å². The number of hydrogen-bond acceptors (Lipinski definition) is 11. The summed E-state index contributed by atoms with van der Waals surface area (Å²) in [6, 6.07) is 10.7. The highest BCUT2D eigenvalue weighted by Crippen LogP contribution is 2.37. The lowest BCUT2D eigenvalue weighted by Gasteiger charge is -2.37. The summed E-state index contributed by atoms with van der Waals surface area (Å²) in [5.41, 5.74) is -0.709. The van der Waals surface area contributed by atoms with Crippen molar-refractivity contribution >= 4 is 51.8 Å². The molecule has 1 saturated carbocycles. The zero-order valence-electron chi connectivity index (χ0n) is 34.5. The van der Waals surface area contributed by atoms with Crippen LogP contribution < -0.4 is 16.0 Å². The summed E-state index contributed by atoms with van der Waals surface area (Å²) in [6.45, 7) is 6.93. The van der Waals surface area contributed by atoms with E-state index in [1.807, 2.05) is 10.9 Å². The molecule has 0 bridgehead atoms. The predicted molar refractivity (Wildman–Crippen MR) is 220 cm³/mol. The van der Waals surface area contributed by atoms with Crippen LogP contribution in [0.4, 0.5) is 24.5 Å². The summed E-state index contributed by atoms with van der Waals surface area (Å²) in [4.78, 5) is 70.8. The maximum Gasteiger partial charge on any atom is 0.433 e. The molecule has 4 N–H and O–H groups in total. The van der Waals surface area contributed by atoms with E-state index in [1.54, 1.807) is 44.2 Å². The Morgan fingerprint density at radius 2 is 1.76 bits per heavy atom. The first-order chi connectivity index (χ1) is 29.5. The van der Waals surface area contributed by atoms with Crippen molar-refractivity contribution in [3.05, 3.63) is 82.8 Å². The third-order valence-corrected chi connectivity index (χ3v) is 12.3. The zero-order valence-corrected chi connectivity index (χ0v) is 34.5. The molecule has 0 radical (unpaired) electrons. The Bertz CT molecular complexity index is 2410. The zero-order chi connectivity index (χ0) is 43.9. The smallest absolute Gasteiger partial charge is 0.386 e. The number of morpholine rings is 1. The van der Waals surface area contributed by atoms with Crippen LogP contribution in [0.5, 0.6) is 0 Å². The number of carbonyl (C=O) groups is 5. The normalized spacial score (nSPS) is 22.5. The van der Waals surface area contributed by atoms with Gasteiger partial charge in [-0.25, -0.2) is 4.98 Å². The number of pyridine rings is 1. The molecule has 18 heteroatoms. The Morgan fingerprint density at radius 1 is 0.984 bits per heavy atom. The van der Waals surface area contributed by atoms with E-state index in [4.69, 9.17) is 9.84 Å². The van der Waals surface area contributed by atoms with Gasteiger partial charge in [0.1, 0.15) is 17.4 Å². The molecule has 8 rings (SSSR count). The number of aromatic nitrogens is 3. The van der Waals surface area contributed by atoms with Crippen LogP contribution in [0.3, 0.4) is 0 Å². The number of carbonyl (C=O) groups excluding carboxylic acids is 5. The molecule has 2 saturated heterocycles. The van der Waals surface area contributed by atoms with Crippen LogP contribution in [0, 0.1) is 5.92 Å². The largest absolute Gasteiger partial charge is 0.433 e. The van der Waals surface area contributed by atoms with Crippen molar-refractivity contribution in [2.24, 2.45) is 5.92 Å². The lowest BCUT2D eigenvalue weighted by molar-refractivity contribution is -0.141. The molecule has 1 aliphatic carbocycles. The molecule has 2 aromatic carbocycles. The maximum absolute atomic E-state index is 13.4. The predicted octanol–water partition coefficient (Wildman–Crippen LogP) is 5.66. The highest BCUT2D eigenvalue weighted by atomic mass is 19.4. The van der Waals surface area contributed by atoms with Crippen molar-refractivity contribution in [1.29, 1.82) is 0 Å². The van der Waals surface area contributed by atoms with Crippen LogP contribution in [0.2, 0.25) is 0 Å². The number of aliphatic hydroxyl groups is 1. The average molecular weight is 859 g/mol. The van der Waals surface area contributed by atoms with Crippen molar-refractivity contribution in [1.82, 2.24) is 29.9 Å². The van der Waals surface area contributed by atoms with Crippen molar-refractivity contribution in [3.63, 3.8) is 0 Å². The van der Waals surface area contributed by atoms with Crippen molar-refractivity contribution in [2.75, 3.05) is 43.4 Å². The van der Waals surface area contributed by atoms with Gasteiger partial charge in [-0.15, -0.1) is 0 Å². The number of amides is 5. The molecule has 1 unspecified atom stereocenters. The minimum Gasteiger partial charge on any atom is -0.386 e. The molecular formula is C44H49F3N8O7. The number of nitrogens with one attached hydrogen (secondary N) is 3. The molecule has 3 fully saturated rings. The van der Waals surface area contributed by atoms with Gasteiger partial charge < -0.3 is 20.5 Å². The number of ether oxygens (including phenoxy) is 1. The Kier molecular flexibility index (Phi) is 11.9. The monoisotopic (exact) mass is 858 g/mol. The van der Waals surface area contributed by atoms with Gasteiger partial charge in [-0.3, -0.25) is 43.8 Å². The number of nitrogens with zero attached hydrogens (tertiary/aromatic N) is 5. The molecular weight excluding hydrogens is 810 g/mol. The van der Waals surface area contributed by atoms with Crippen molar-refractivity contribution < 1.29 is 47.0 Å². The summed E-state index contributed by atoms with van der Waals surface area (Å²) in [5, 5.41) is 24.8. The third-order valence-electron chi connectivity index (χ3n) is 12.3. The van der Waals surface area contributed by atoms with Gasteiger partial charge in [-0.05, 0) is 101 Å². The molecule has 5 amide bonds. The summed E-state index contributed by atoms with van der Waals surface area (Å²) in [7, 11) is 0. The number of hydrogen-bond donors (Lipinski definition) is 4. The summed E-state index contributed by atoms with van der Waals surface area (Å²) < 4.78 is 47.9. The molecule has 328 valence electrons. The second-order valence-corrected chi connectivity index (χ2v) is 17.2. The Balaban J connectivity index is 0.821. The maximum atomic E-state index is 13.4. The second kappa shape index (κ2) is 17.2. The van der Waals surface area contributed by atoms with Crippen LogP contribution in [0.1, 0.15) is 114 Å². The standard InChI is InChI=1S/C44H49F3N8O7/c1-43(2,61)30-21-33-26(20-34(30)50-39(57)32-9-4-10-36(49-32)44(45,46)47)23-54(52-33)27-13-11-25(12-14-27)22-53-18-19-62-28(24-53)6-5-17-48-31-8-3-7-29-38(31)42(60)55(41(29)59)35-15-16-37(56)51-40(35)58/h3-4,7-10,20-21,23,25,27-28,35,48,61H,5-6,11-19,22,24H2,1-2H3,(H,50,57)(H,51,56,58)/t25-,27-,28-,35?/m1/s1. The number of anilines is 2. The first-order valence-electron chi connectivity index (χ1n) is 21.1. The number of alkyl halides is 3. The topological polar surface area (TPSA) is 188 Å². The molecule has 4 aliphatic rings. The minimum atomic E-state index is -4.70. The van der Waals surface area contributed by atoms with Gasteiger partial charge in [0.2, 0.25) is 11.8 Å². The Hall–Kier alpha value is -5.72. The van der Waals surface area contributed by atoms with E-state index in [0.717, 1.165) is 80.6 Å². The number of imide groups is 2. The van der Waals surface area contributed by atoms with Crippen molar-refractivity contribution in [2.45, 2.75) is 95.2 Å². The molecule has 2 atom stereocenters. The van der Waals surface area contributed by atoms with E-state index in [1.165, 1.54) is 6.07 Å². The lowest BCUT2D eigenvalue weighted by Crippen LogP contribution is -2.54. The van der Waals surface area contributed by atoms with Gasteiger partial charge in [-0.1, -0.05) is 12.1 Å². The van der Waals surface area contributed by atoms with Crippen molar-refractivity contribution in [3.8, 4) is 0 Å². The number of fused-ring (bicyclic) bond motifs is 2. The van der Waals surface area contributed by atoms with Gasteiger partial charge in [0.05, 0.1) is 41.0 Å². The molecule has 3 aliphatic heterocycles. The molecule has 0 spiro atoms. The molecule has 62 heavy (non-hydrogen) atoms. The number of benzene rings is 2. The number of rotatable bonds is 12. The number of piperidine rings is 1. The van der Waals surface area contributed by atoms with Gasteiger partial charge >= 0.3 is 6.18 Å². The van der Waals surface area contributed by atoms with Crippen LogP contribution in [-0.4, -0.2) is 104 Å². The summed E-state index contributed by atoms with van der Waals surface area (Å²) >= 11 is 0. The lowest BCUT2D eigenvalue weighted by atomic mass is 9.85. The summed E-state index contributed by atoms with van der Waals surface area (Å²) in [6.07, 6.45) is 2.84. The van der Waals surface area contributed by atoms with E-state index in [2.05, 4.69) is 25.8 Å². The van der Waals surface area contributed by atoms with E-state index in [-0.39, 0.29) is 41.8 Å². The quantitative estimate of drug-likeness (QED) is 0.102. The SMILES string of the molecule is CC(C)(O)c1cc2nn([C@H]3CC[C@H](CN4CCO[C@H](CCCNc5cccc6c5C(=O)N(C5CCC(=O)NC5=O)C6=O)C4)CC3)cc2cc1NC(=O)c1cccc(C(F)(F)F)n1. The number of halogens is 3. The fraction of sp³-hybridized carbons (Fsp3) is 0.477. The average Bonchev–Trinajstić information content (AvgIpc) is 3.76. The van der Waals surface area contributed by atoms with Crippen LogP contribution in [0.15, 0.2) is 54.7 Å². The van der Waals surface area contributed by atoms with Gasteiger partial charge in [0.15, 0.2) is 0 Å². The van der Waals surface area contributed by atoms with E-state index < -0.39 is 58.7 Å². The second-order valence-electron chi connectivity index (χ2n) is 17.2. The van der Waals surface area contributed by atoms with Gasteiger partial charge in [-0.2, -0.15) is 18.3 Å². The third kappa shape index (κ3) is 9.08. The van der Waals surface area contributed by atoms with Crippen LogP contribution >= 0.6 is 0 Å². The minimum absolute atomic E-state index is 0.0517. The fourth-order valence-electron chi connectivity index (χ4n) is 9.09. The van der Waals surface area contributed by atoms with E-state index >= 15 is 0 Å². The molecule has 2 aromatic heterocycles. The van der Waals surface area contributed by atoms with Gasteiger partial charge in [0, 0.05) is 61.1 Å². The molecule has 5 heterocycles. The Morgan fingerprint density at radius 3 is 2.50 bits per heavy atom. The first kappa shape index (κ1) is 42.9. The highest BCUT2D eigenvalue weighted by Gasteiger charge is 2.45. The van der Waals surface area contributed by atoms with Gasteiger partial charge in [0.25, 0.3) is 17.7 Å². The van der Waals surface area contributed by atoms with E-state index in [9.17, 15) is 42.3 Å².